The molecular formula is C26H28N4O2. The zero-order valence-corrected chi connectivity index (χ0v) is 19.1. The van der Waals surface area contributed by atoms with Crippen molar-refractivity contribution < 1.29 is 9.53 Å². The summed E-state index contributed by atoms with van der Waals surface area (Å²) in [6.45, 7) is 10.3. The van der Waals surface area contributed by atoms with Crippen molar-refractivity contribution in [2.24, 2.45) is 0 Å². The second kappa shape index (κ2) is 8.83. The first-order chi connectivity index (χ1) is 15.3. The van der Waals surface area contributed by atoms with Gasteiger partial charge < -0.3 is 10.1 Å². The Kier molecular flexibility index (Phi) is 5.95. The maximum absolute atomic E-state index is 12.5. The SMILES string of the molecule is Cc1ccc(OCC(=O)Nc2cc3nn(-c4ccc(C(C)C)cc4)nc3cc2C)cc1C. The van der Waals surface area contributed by atoms with Gasteiger partial charge in [0.15, 0.2) is 6.61 Å². The van der Waals surface area contributed by atoms with Crippen molar-refractivity contribution in [3.05, 3.63) is 76.9 Å². The van der Waals surface area contributed by atoms with Crippen LogP contribution in [0.4, 0.5) is 5.69 Å². The summed E-state index contributed by atoms with van der Waals surface area (Å²) in [6.07, 6.45) is 0. The molecule has 0 bridgehead atoms. The number of ether oxygens (including phenoxy) is 1. The molecule has 0 spiro atoms. The Labute approximate surface area is 188 Å². The Morgan fingerprint density at radius 2 is 1.59 bits per heavy atom. The standard InChI is InChI=1S/C26H28N4O2/c1-16(2)20-7-9-21(10-8-20)30-28-24-13-19(5)23(14-25(24)29-30)27-26(31)15-32-22-11-6-17(3)18(4)12-22/h6-14,16H,15H2,1-5H3,(H,27,31). The number of carbonyl (C=O) groups excluding carboxylic acids is 1. The van der Waals surface area contributed by atoms with Gasteiger partial charge in [0.25, 0.3) is 5.91 Å². The predicted molar refractivity (Wildman–Crippen MR) is 128 cm³/mol. The smallest absolute Gasteiger partial charge is 0.262 e. The third-order valence-electron chi connectivity index (χ3n) is 5.64. The minimum Gasteiger partial charge on any atom is -0.484 e. The van der Waals surface area contributed by atoms with E-state index in [1.54, 1.807) is 4.80 Å². The highest BCUT2D eigenvalue weighted by Gasteiger charge is 2.12. The fourth-order valence-corrected chi connectivity index (χ4v) is 3.45. The van der Waals surface area contributed by atoms with Crippen LogP contribution >= 0.6 is 0 Å². The van der Waals surface area contributed by atoms with Gasteiger partial charge in [-0.2, -0.15) is 4.80 Å². The van der Waals surface area contributed by atoms with Crippen molar-refractivity contribution in [3.63, 3.8) is 0 Å². The van der Waals surface area contributed by atoms with Gasteiger partial charge in [-0.05, 0) is 85.3 Å². The van der Waals surface area contributed by atoms with E-state index in [1.807, 2.05) is 63.2 Å². The molecule has 0 aliphatic heterocycles. The lowest BCUT2D eigenvalue weighted by atomic mass is 10.0. The number of rotatable bonds is 6. The first-order valence-electron chi connectivity index (χ1n) is 10.8. The molecule has 0 unspecified atom stereocenters. The largest absolute Gasteiger partial charge is 0.484 e. The first kappa shape index (κ1) is 21.6. The Morgan fingerprint density at radius 3 is 2.25 bits per heavy atom. The van der Waals surface area contributed by atoms with Crippen LogP contribution in [0.15, 0.2) is 54.6 Å². The normalized spacial score (nSPS) is 11.2. The number of hydrogen-bond acceptors (Lipinski definition) is 4. The molecule has 4 rings (SSSR count). The molecule has 0 saturated heterocycles. The van der Waals surface area contributed by atoms with Crippen LogP contribution in [-0.2, 0) is 4.79 Å². The highest BCUT2D eigenvalue weighted by molar-refractivity contribution is 5.95. The Balaban J connectivity index is 1.48. The van der Waals surface area contributed by atoms with Crippen LogP contribution in [0.5, 0.6) is 5.75 Å². The van der Waals surface area contributed by atoms with E-state index >= 15 is 0 Å². The predicted octanol–water partition coefficient (Wildman–Crippen LogP) is 5.49. The highest BCUT2D eigenvalue weighted by atomic mass is 16.5. The fourth-order valence-electron chi connectivity index (χ4n) is 3.45. The lowest BCUT2D eigenvalue weighted by molar-refractivity contribution is -0.118. The van der Waals surface area contributed by atoms with Gasteiger partial charge in [-0.25, -0.2) is 0 Å². The van der Waals surface area contributed by atoms with E-state index in [4.69, 9.17) is 4.74 Å². The zero-order chi connectivity index (χ0) is 22.8. The maximum atomic E-state index is 12.5. The second-order valence-corrected chi connectivity index (χ2v) is 8.47. The Bertz CT molecular complexity index is 1270. The number of aryl methyl sites for hydroxylation is 3. The van der Waals surface area contributed by atoms with E-state index in [-0.39, 0.29) is 12.5 Å². The highest BCUT2D eigenvalue weighted by Crippen LogP contribution is 2.23. The summed E-state index contributed by atoms with van der Waals surface area (Å²) in [4.78, 5) is 14.1. The molecule has 0 saturated carbocycles. The molecule has 1 heterocycles. The molecule has 0 aliphatic rings. The summed E-state index contributed by atoms with van der Waals surface area (Å²) in [5.74, 6) is 0.936. The monoisotopic (exact) mass is 428 g/mol. The van der Waals surface area contributed by atoms with Crippen molar-refractivity contribution in [1.29, 1.82) is 0 Å². The third-order valence-corrected chi connectivity index (χ3v) is 5.64. The molecule has 1 aromatic heterocycles. The minimum atomic E-state index is -0.220. The van der Waals surface area contributed by atoms with E-state index < -0.39 is 0 Å². The summed E-state index contributed by atoms with van der Waals surface area (Å²) < 4.78 is 5.65. The summed E-state index contributed by atoms with van der Waals surface area (Å²) in [5.41, 5.74) is 7.60. The number of anilines is 1. The molecule has 0 fully saturated rings. The quantitative estimate of drug-likeness (QED) is 0.441. The summed E-state index contributed by atoms with van der Waals surface area (Å²) in [5, 5.41) is 12.1. The van der Waals surface area contributed by atoms with Crippen LogP contribution < -0.4 is 10.1 Å². The van der Waals surface area contributed by atoms with Crippen LogP contribution in [0, 0.1) is 20.8 Å². The average Bonchev–Trinajstić information content (AvgIpc) is 3.17. The average molecular weight is 429 g/mol. The van der Waals surface area contributed by atoms with Crippen LogP contribution in [0.3, 0.4) is 0 Å². The van der Waals surface area contributed by atoms with Crippen LogP contribution in [-0.4, -0.2) is 27.5 Å². The number of hydrogen-bond donors (Lipinski definition) is 1. The molecule has 6 heteroatoms. The van der Waals surface area contributed by atoms with Gasteiger partial charge in [0.05, 0.1) is 5.69 Å². The van der Waals surface area contributed by atoms with E-state index in [0.29, 0.717) is 22.9 Å². The zero-order valence-electron chi connectivity index (χ0n) is 19.1. The van der Waals surface area contributed by atoms with Crippen molar-refractivity contribution in [2.45, 2.75) is 40.5 Å². The van der Waals surface area contributed by atoms with Crippen LogP contribution in [0.2, 0.25) is 0 Å². The number of fused-ring (bicyclic) bond motifs is 1. The molecule has 32 heavy (non-hydrogen) atoms. The number of carbonyl (C=O) groups is 1. The second-order valence-electron chi connectivity index (χ2n) is 8.47. The van der Waals surface area contributed by atoms with Crippen LogP contribution in [0.1, 0.15) is 42.0 Å². The minimum absolute atomic E-state index is 0.0606. The molecule has 0 aliphatic carbocycles. The van der Waals surface area contributed by atoms with Gasteiger partial charge >= 0.3 is 0 Å². The lowest BCUT2D eigenvalue weighted by Crippen LogP contribution is -2.20. The molecular weight excluding hydrogens is 400 g/mol. The molecule has 3 aromatic carbocycles. The van der Waals surface area contributed by atoms with Gasteiger partial charge in [0, 0.05) is 5.69 Å². The van der Waals surface area contributed by atoms with Gasteiger partial charge in [-0.3, -0.25) is 4.79 Å². The van der Waals surface area contributed by atoms with E-state index in [0.717, 1.165) is 22.3 Å². The molecule has 1 amide bonds. The summed E-state index contributed by atoms with van der Waals surface area (Å²) in [7, 11) is 0. The van der Waals surface area contributed by atoms with Crippen LogP contribution in [0.25, 0.3) is 16.7 Å². The van der Waals surface area contributed by atoms with Crippen molar-refractivity contribution in [3.8, 4) is 11.4 Å². The molecule has 1 N–H and O–H groups in total. The number of nitrogens with zero attached hydrogens (tertiary/aromatic N) is 3. The van der Waals surface area contributed by atoms with E-state index in [2.05, 4.69) is 41.5 Å². The van der Waals surface area contributed by atoms with Crippen molar-refractivity contribution >= 4 is 22.6 Å². The van der Waals surface area contributed by atoms with Gasteiger partial charge in [-0.1, -0.05) is 32.0 Å². The van der Waals surface area contributed by atoms with Crippen molar-refractivity contribution in [1.82, 2.24) is 15.0 Å². The topological polar surface area (TPSA) is 69.0 Å². The Hall–Kier alpha value is -3.67. The van der Waals surface area contributed by atoms with Gasteiger partial charge in [0.1, 0.15) is 16.8 Å². The molecule has 4 aromatic rings. The van der Waals surface area contributed by atoms with Gasteiger partial charge in [0.2, 0.25) is 0 Å². The van der Waals surface area contributed by atoms with E-state index in [1.165, 1.54) is 11.1 Å². The summed E-state index contributed by atoms with van der Waals surface area (Å²) in [6, 6.07) is 17.8. The van der Waals surface area contributed by atoms with Gasteiger partial charge in [-0.15, -0.1) is 10.2 Å². The molecule has 164 valence electrons. The third kappa shape index (κ3) is 4.64. The van der Waals surface area contributed by atoms with E-state index in [9.17, 15) is 4.79 Å². The fraction of sp³-hybridized carbons (Fsp3) is 0.269. The number of amides is 1. The molecule has 0 radical (unpaired) electrons. The number of benzene rings is 3. The first-order valence-corrected chi connectivity index (χ1v) is 10.8. The molecule has 0 atom stereocenters. The summed E-state index contributed by atoms with van der Waals surface area (Å²) >= 11 is 0. The number of nitrogens with one attached hydrogen (secondary N) is 1. The number of aromatic nitrogens is 3. The lowest BCUT2D eigenvalue weighted by Gasteiger charge is -2.10. The molecule has 6 nitrogen and oxygen atoms in total. The van der Waals surface area contributed by atoms with Crippen molar-refractivity contribution in [2.75, 3.05) is 11.9 Å². The Morgan fingerprint density at radius 1 is 0.906 bits per heavy atom. The maximum Gasteiger partial charge on any atom is 0.262 e.